The Labute approximate surface area is 527 Å². The maximum atomic E-state index is 12.7. The molecule has 20 nitrogen and oxygen atoms in total. The van der Waals surface area contributed by atoms with E-state index in [0.717, 1.165) is 106 Å². The number of alkyl halides is 9. The number of carbonyl (C=O) groups excluding carboxylic acids is 2. The van der Waals surface area contributed by atoms with Crippen molar-refractivity contribution in [3.8, 4) is 0 Å². The lowest BCUT2D eigenvalue weighted by atomic mass is 9.84. The fourth-order valence-corrected chi connectivity index (χ4v) is 11.0. The van der Waals surface area contributed by atoms with Crippen LogP contribution < -0.4 is 32.3 Å². The molecular weight excluding hydrogens is 1260 g/mol. The molecule has 0 saturated heterocycles. The van der Waals surface area contributed by atoms with Crippen LogP contribution in [0.4, 0.5) is 55.1 Å². The van der Waals surface area contributed by atoms with E-state index < -0.39 is 46.6 Å². The molecule has 3 heterocycles. The van der Waals surface area contributed by atoms with Crippen molar-refractivity contribution < 1.29 is 96.4 Å². The fraction of sp³-hybridized carbons (Fsp3) is 0.533. The van der Waals surface area contributed by atoms with E-state index in [9.17, 15) is 62.1 Å². The van der Waals surface area contributed by atoms with E-state index in [4.69, 9.17) is 41.2 Å². The van der Waals surface area contributed by atoms with Crippen LogP contribution in [0, 0.1) is 6.92 Å². The number of hydrogen-bond donors (Lipinski definition) is 8. The number of unbranched alkanes of at least 4 members (excludes halogenated alkanes) is 10. The zero-order valence-corrected chi connectivity index (χ0v) is 53.0. The number of rotatable bonds is 29. The maximum Gasteiger partial charge on any atom is 0.490 e. The molecule has 31 heteroatoms. The van der Waals surface area contributed by atoms with Crippen molar-refractivity contribution in [2.45, 2.75) is 167 Å². The Kier molecular flexibility index (Phi) is 33.0. The first-order chi connectivity index (χ1) is 42.3. The SMILES string of the molecule is Cc1nc(N)sc1CCCN=C(N)NC(=O)NCCCCCCCCCCNC(=O)CCCCC[N+]1=C(/C=C/C=C/C=C2\N(CCCCS(=O)(=O)[O-])c3ccccc3C2(C)C)c2ccccc2C1(C)C.O=C(O)C(F)(F)F.O=C(O)C(F)(F)F.O=C(O)C(F)(F)F. The number of nitrogen functional groups attached to an aromatic ring is 1. The van der Waals surface area contributed by atoms with Crippen molar-refractivity contribution in [2.24, 2.45) is 10.7 Å². The number of hydrogen-bond acceptors (Lipinski definition) is 13. The van der Waals surface area contributed by atoms with E-state index in [1.165, 1.54) is 46.6 Å². The number of aliphatic carboxylic acids is 3. The molecule has 0 saturated carbocycles. The lowest BCUT2D eigenvalue weighted by Gasteiger charge is -2.27. The highest BCUT2D eigenvalue weighted by Crippen LogP contribution is 2.47. The number of carboxylic acids is 3. The molecule has 0 atom stereocenters. The summed E-state index contributed by atoms with van der Waals surface area (Å²) in [6.45, 7) is 14.3. The number of amides is 3. The Hall–Kier alpha value is -7.54. The number of aryl methyl sites for hydroxylation is 2. The highest BCUT2D eigenvalue weighted by molar-refractivity contribution is 7.85. The number of aromatic nitrogens is 1. The molecule has 3 amide bonds. The van der Waals surface area contributed by atoms with Gasteiger partial charge in [-0.2, -0.15) is 39.5 Å². The van der Waals surface area contributed by atoms with Crippen molar-refractivity contribution in [3.63, 3.8) is 0 Å². The Morgan fingerprint density at radius 2 is 1.23 bits per heavy atom. The molecule has 0 radical (unpaired) electrons. The van der Waals surface area contributed by atoms with Gasteiger partial charge >= 0.3 is 42.5 Å². The van der Waals surface area contributed by atoms with Gasteiger partial charge in [0.2, 0.25) is 11.6 Å². The quantitative estimate of drug-likeness (QED) is 0.00609. The molecule has 1 aromatic heterocycles. The summed E-state index contributed by atoms with van der Waals surface area (Å²) in [4.78, 5) is 63.4. The lowest BCUT2D eigenvalue weighted by molar-refractivity contribution is -0.604. The number of para-hydroxylation sites is 1. The van der Waals surface area contributed by atoms with Crippen molar-refractivity contribution in [1.29, 1.82) is 0 Å². The molecule has 2 aromatic carbocycles. The summed E-state index contributed by atoms with van der Waals surface area (Å²) in [7, 11) is -4.24. The highest BCUT2D eigenvalue weighted by atomic mass is 32.2. The summed E-state index contributed by atoms with van der Waals surface area (Å²) < 4.78 is 131. The minimum atomic E-state index is -5.08. The van der Waals surface area contributed by atoms with Gasteiger partial charge < -0.3 is 46.9 Å². The van der Waals surface area contributed by atoms with Crippen LogP contribution in [0.15, 0.2) is 89.6 Å². The van der Waals surface area contributed by atoms with Gasteiger partial charge in [-0.3, -0.25) is 15.1 Å². The number of carboxylic acid groups (broad SMARTS) is 3. The number of nitrogens with zero attached hydrogens (tertiary/aromatic N) is 4. The fourth-order valence-electron chi connectivity index (χ4n) is 9.58. The summed E-state index contributed by atoms with van der Waals surface area (Å²) >= 11 is 1.50. The Morgan fingerprint density at radius 3 is 1.77 bits per heavy atom. The molecule has 5 rings (SSSR count). The highest BCUT2D eigenvalue weighted by Gasteiger charge is 2.44. The van der Waals surface area contributed by atoms with Gasteiger partial charge in [0.15, 0.2) is 16.6 Å². The van der Waals surface area contributed by atoms with Crippen molar-refractivity contribution in [3.05, 3.63) is 112 Å². The number of halogens is 9. The number of aliphatic imine (C=N–C) groups is 1. The van der Waals surface area contributed by atoms with Gasteiger partial charge in [-0.15, -0.1) is 11.3 Å². The molecule has 0 fully saturated rings. The van der Waals surface area contributed by atoms with Crippen LogP contribution >= 0.6 is 11.3 Å². The van der Waals surface area contributed by atoms with E-state index >= 15 is 0 Å². The number of urea groups is 1. The number of guanidine groups is 1. The van der Waals surface area contributed by atoms with Crippen molar-refractivity contribution in [2.75, 3.05) is 49.1 Å². The number of nitrogens with one attached hydrogen (secondary N) is 3. The number of nitrogens with two attached hydrogens (primary N) is 2. The second-order valence-corrected chi connectivity index (χ2v) is 24.5. The molecule has 2 aliphatic rings. The predicted molar refractivity (Wildman–Crippen MR) is 328 cm³/mol. The Morgan fingerprint density at radius 1 is 0.714 bits per heavy atom. The lowest BCUT2D eigenvalue weighted by Crippen LogP contribution is -2.43. The molecule has 508 valence electrons. The first-order valence-corrected chi connectivity index (χ1v) is 31.6. The second-order valence-electron chi connectivity index (χ2n) is 21.9. The van der Waals surface area contributed by atoms with Crippen LogP contribution in [-0.2, 0) is 46.7 Å². The topological polar surface area (TPSA) is 323 Å². The van der Waals surface area contributed by atoms with Crippen LogP contribution in [0.25, 0.3) is 0 Å². The van der Waals surface area contributed by atoms with Crippen molar-refractivity contribution in [1.82, 2.24) is 20.9 Å². The van der Waals surface area contributed by atoms with Crippen molar-refractivity contribution >= 4 is 73.8 Å². The number of benzene rings is 2. The molecule has 0 unspecified atom stereocenters. The number of carbonyl (C=O) groups is 5. The maximum absolute atomic E-state index is 12.7. The number of anilines is 2. The monoisotopic (exact) mass is 1340 g/mol. The van der Waals surface area contributed by atoms with E-state index in [1.807, 2.05) is 13.0 Å². The molecule has 10 N–H and O–H groups in total. The third-order valence-electron chi connectivity index (χ3n) is 14.1. The average molecular weight is 1340 g/mol. The standard InChI is InChI=1S/C54H79N9O5S2.3C2HF3O2/c1-41-47(69-51(56)60-41)32-26-37-58-50(55)61-52(65)59-36-22-11-9-7-6-8-10-21-35-57-49(64)34-16-13-23-39-63-45(42-27-17-18-28-43(42)54(63,4)5)30-14-12-15-33-48-53(2,3)44-29-19-20-31-46(44)62(48)38-24-25-40-70(66,67)68;3*3-2(4,5)1(6)7/h12,14-15,17-20,27-31,33H,6-11,13,16,21-26,32,34-40H2,1-5H3,(H7-,55,56,57,58,59,60,61,64,65,66,67,68);3*(H,6,7). The first-order valence-electron chi connectivity index (χ1n) is 29.2. The van der Waals surface area contributed by atoms with Gasteiger partial charge in [-0.25, -0.2) is 37.2 Å². The molecule has 3 aromatic rings. The minimum Gasteiger partial charge on any atom is -0.748 e. The van der Waals surface area contributed by atoms with Gasteiger partial charge in [0.1, 0.15) is 6.54 Å². The molecule has 91 heavy (non-hydrogen) atoms. The largest absolute Gasteiger partial charge is 0.748 e. The summed E-state index contributed by atoms with van der Waals surface area (Å²) in [5, 5.41) is 30.5. The zero-order chi connectivity index (χ0) is 68.8. The van der Waals surface area contributed by atoms with Crippen LogP contribution in [0.3, 0.4) is 0 Å². The Balaban J connectivity index is 0.00000115. The third-order valence-corrected chi connectivity index (χ3v) is 15.9. The summed E-state index contributed by atoms with van der Waals surface area (Å²) in [5.74, 6) is -8.36. The zero-order valence-electron chi connectivity index (χ0n) is 51.3. The molecular formula is C60H82F9N9O11S2. The number of fused-ring (bicyclic) bond motifs is 2. The number of thiazole rings is 1. The van der Waals surface area contributed by atoms with Crippen LogP contribution in [-0.4, -0.2) is 136 Å². The molecule has 0 aliphatic carbocycles. The average Bonchev–Trinajstić information content (AvgIpc) is 1.61. The van der Waals surface area contributed by atoms with Crippen LogP contribution in [0.5, 0.6) is 0 Å². The minimum absolute atomic E-state index is 0.121. The molecule has 0 spiro atoms. The van der Waals surface area contributed by atoms with Gasteiger partial charge in [0.05, 0.1) is 21.4 Å². The van der Waals surface area contributed by atoms with E-state index in [0.29, 0.717) is 44.0 Å². The predicted octanol–water partition coefficient (Wildman–Crippen LogP) is 11.1. The van der Waals surface area contributed by atoms with Gasteiger partial charge in [0.25, 0.3) is 0 Å². The van der Waals surface area contributed by atoms with Gasteiger partial charge in [-0.05, 0) is 82.1 Å². The molecule has 0 bridgehead atoms. The van der Waals surface area contributed by atoms with Crippen LogP contribution in [0.1, 0.15) is 151 Å². The first kappa shape index (κ1) is 79.6. The van der Waals surface area contributed by atoms with Gasteiger partial charge in [0, 0.05) is 91.9 Å². The van der Waals surface area contributed by atoms with E-state index in [-0.39, 0.29) is 34.6 Å². The summed E-state index contributed by atoms with van der Waals surface area (Å²) in [5.41, 5.74) is 19.4. The number of allylic oxidation sites excluding steroid dienone is 6. The third kappa shape index (κ3) is 29.5. The van der Waals surface area contributed by atoms with E-state index in [1.54, 1.807) is 0 Å². The Bertz CT molecular complexity index is 3090. The van der Waals surface area contributed by atoms with E-state index in [2.05, 4.69) is 136 Å². The normalized spacial score (nSPS) is 14.8. The smallest absolute Gasteiger partial charge is 0.490 e. The summed E-state index contributed by atoms with van der Waals surface area (Å²) in [6.07, 6.45) is 9.98. The second kappa shape index (κ2) is 37.7. The van der Waals surface area contributed by atoms with Crippen LogP contribution in [0.2, 0.25) is 0 Å². The summed E-state index contributed by atoms with van der Waals surface area (Å²) in [6, 6.07) is 16.6. The molecule has 2 aliphatic heterocycles. The van der Waals surface area contributed by atoms with Gasteiger partial charge in [-0.1, -0.05) is 107 Å².